The number of nitrogen functional groups attached to an aromatic ring is 1. The fourth-order valence-electron chi connectivity index (χ4n) is 0.812. The van der Waals surface area contributed by atoms with Crippen molar-refractivity contribution >= 4 is 12.0 Å². The molecule has 2 N–H and O–H groups in total. The first kappa shape index (κ1) is 7.84. The highest BCUT2D eigenvalue weighted by Crippen LogP contribution is 2.10. The van der Waals surface area contributed by atoms with Crippen LogP contribution >= 0.6 is 0 Å². The van der Waals surface area contributed by atoms with Crippen LogP contribution in [0.4, 0.5) is 12.0 Å². The van der Waals surface area contributed by atoms with Crippen molar-refractivity contribution in [3.05, 3.63) is 0 Å². The van der Waals surface area contributed by atoms with Gasteiger partial charge in [0.05, 0.1) is 0 Å². The Morgan fingerprint density at radius 2 is 2.27 bits per heavy atom. The minimum Gasteiger partial charge on any atom is -0.390 e. The smallest absolute Gasteiger partial charge is 0.319 e. The van der Waals surface area contributed by atoms with Crippen molar-refractivity contribution in [1.29, 1.82) is 0 Å². The highest BCUT2D eigenvalue weighted by atomic mass is 16.4. The number of anilines is 2. The first-order valence-corrected chi connectivity index (χ1v) is 3.54. The average molecular weight is 156 g/mol. The van der Waals surface area contributed by atoms with Crippen LogP contribution in [0.1, 0.15) is 13.3 Å². The summed E-state index contributed by atoms with van der Waals surface area (Å²) in [6, 6.07) is 0.590. The summed E-state index contributed by atoms with van der Waals surface area (Å²) in [5.41, 5.74) is 5.25. The standard InChI is InChI=1S/C6H12N4O/c1-3-4-10(2)6-9-8-5(7)11-6/h3-4H2,1-2H3,(H2,7,8). The first-order valence-electron chi connectivity index (χ1n) is 3.54. The number of aromatic nitrogens is 2. The van der Waals surface area contributed by atoms with Crippen molar-refractivity contribution in [2.45, 2.75) is 13.3 Å². The maximum Gasteiger partial charge on any atom is 0.319 e. The van der Waals surface area contributed by atoms with Gasteiger partial charge in [0.25, 0.3) is 0 Å². The fraction of sp³-hybridized carbons (Fsp3) is 0.667. The van der Waals surface area contributed by atoms with Crippen LogP contribution in [0.5, 0.6) is 0 Å². The lowest BCUT2D eigenvalue weighted by molar-refractivity contribution is 0.559. The number of hydrogen-bond acceptors (Lipinski definition) is 5. The van der Waals surface area contributed by atoms with Gasteiger partial charge in [-0.25, -0.2) is 0 Å². The molecule has 1 aromatic rings. The Bertz CT molecular complexity index is 222. The average Bonchev–Trinajstić information content (AvgIpc) is 2.36. The van der Waals surface area contributed by atoms with Crippen molar-refractivity contribution in [1.82, 2.24) is 10.2 Å². The predicted octanol–water partition coefficient (Wildman–Crippen LogP) is 0.498. The molecule has 0 amide bonds. The Hall–Kier alpha value is -1.26. The molecule has 62 valence electrons. The molecule has 0 aliphatic rings. The molecule has 5 heteroatoms. The lowest BCUT2D eigenvalue weighted by Crippen LogP contribution is -2.17. The van der Waals surface area contributed by atoms with Gasteiger partial charge < -0.3 is 15.1 Å². The third kappa shape index (κ3) is 1.83. The zero-order valence-corrected chi connectivity index (χ0v) is 6.74. The highest BCUT2D eigenvalue weighted by molar-refractivity contribution is 5.25. The Labute approximate surface area is 65.2 Å². The van der Waals surface area contributed by atoms with Crippen LogP contribution in [0.25, 0.3) is 0 Å². The third-order valence-electron chi connectivity index (χ3n) is 1.32. The monoisotopic (exact) mass is 156 g/mol. The van der Waals surface area contributed by atoms with Crippen molar-refractivity contribution < 1.29 is 4.42 Å². The lowest BCUT2D eigenvalue weighted by atomic mass is 10.5. The Morgan fingerprint density at radius 3 is 2.73 bits per heavy atom. The SMILES string of the molecule is CCCN(C)c1nnc(N)o1. The van der Waals surface area contributed by atoms with Crippen LogP contribution in [-0.2, 0) is 0 Å². The predicted molar refractivity (Wildman–Crippen MR) is 42.3 cm³/mol. The first-order chi connectivity index (χ1) is 5.24. The van der Waals surface area contributed by atoms with E-state index in [1.807, 2.05) is 11.9 Å². The summed E-state index contributed by atoms with van der Waals surface area (Å²) in [6.45, 7) is 2.97. The van der Waals surface area contributed by atoms with E-state index in [9.17, 15) is 0 Å². The van der Waals surface area contributed by atoms with E-state index in [4.69, 9.17) is 10.2 Å². The molecule has 0 aliphatic heterocycles. The molecule has 0 saturated heterocycles. The number of rotatable bonds is 3. The van der Waals surface area contributed by atoms with Crippen LogP contribution in [0.3, 0.4) is 0 Å². The molecule has 1 rings (SSSR count). The normalized spacial score (nSPS) is 10.0. The summed E-state index contributed by atoms with van der Waals surface area (Å²) >= 11 is 0. The van der Waals surface area contributed by atoms with Gasteiger partial charge in [-0.05, 0) is 6.42 Å². The zero-order chi connectivity index (χ0) is 8.27. The maximum absolute atomic E-state index is 5.25. The van der Waals surface area contributed by atoms with E-state index in [1.165, 1.54) is 0 Å². The Balaban J connectivity index is 2.60. The minimum absolute atomic E-state index is 0.114. The molecule has 0 aromatic carbocycles. The molecule has 1 aromatic heterocycles. The van der Waals surface area contributed by atoms with Crippen LogP contribution in [0.2, 0.25) is 0 Å². The molecule has 0 radical (unpaired) electrons. The Morgan fingerprint density at radius 1 is 1.55 bits per heavy atom. The van der Waals surface area contributed by atoms with Crippen molar-refractivity contribution in [2.24, 2.45) is 0 Å². The zero-order valence-electron chi connectivity index (χ0n) is 6.74. The summed E-state index contributed by atoms with van der Waals surface area (Å²) < 4.78 is 4.98. The van der Waals surface area contributed by atoms with Gasteiger partial charge in [-0.15, -0.1) is 0 Å². The second-order valence-electron chi connectivity index (χ2n) is 2.34. The van der Waals surface area contributed by atoms with E-state index >= 15 is 0 Å². The van der Waals surface area contributed by atoms with Gasteiger partial charge in [0.1, 0.15) is 0 Å². The van der Waals surface area contributed by atoms with Gasteiger partial charge in [0, 0.05) is 13.6 Å². The van der Waals surface area contributed by atoms with Crippen LogP contribution < -0.4 is 10.6 Å². The van der Waals surface area contributed by atoms with Gasteiger partial charge >= 0.3 is 12.0 Å². The van der Waals surface area contributed by atoms with Gasteiger partial charge in [0.15, 0.2) is 0 Å². The second kappa shape index (κ2) is 3.23. The summed E-state index contributed by atoms with van der Waals surface area (Å²) in [5, 5.41) is 7.26. The summed E-state index contributed by atoms with van der Waals surface area (Å²) in [7, 11) is 1.89. The quantitative estimate of drug-likeness (QED) is 0.690. The van der Waals surface area contributed by atoms with Gasteiger partial charge in [0.2, 0.25) is 0 Å². The molecule has 0 unspecified atom stereocenters. The summed E-state index contributed by atoms with van der Waals surface area (Å²) in [4.78, 5) is 1.86. The van der Waals surface area contributed by atoms with E-state index in [1.54, 1.807) is 0 Å². The van der Waals surface area contributed by atoms with E-state index in [2.05, 4.69) is 17.1 Å². The van der Waals surface area contributed by atoms with Crippen molar-refractivity contribution in [2.75, 3.05) is 24.2 Å². The molecule has 0 bridgehead atoms. The van der Waals surface area contributed by atoms with Gasteiger partial charge in [-0.1, -0.05) is 17.1 Å². The second-order valence-corrected chi connectivity index (χ2v) is 2.34. The van der Waals surface area contributed by atoms with E-state index in [0.29, 0.717) is 6.01 Å². The lowest BCUT2D eigenvalue weighted by Gasteiger charge is -2.10. The fourth-order valence-corrected chi connectivity index (χ4v) is 0.812. The molecule has 0 fully saturated rings. The van der Waals surface area contributed by atoms with Crippen LogP contribution in [0.15, 0.2) is 4.42 Å². The molecule has 5 nitrogen and oxygen atoms in total. The summed E-state index contributed by atoms with van der Waals surface area (Å²) in [5.74, 6) is 0. The summed E-state index contributed by atoms with van der Waals surface area (Å²) in [6.07, 6.45) is 1.04. The van der Waals surface area contributed by atoms with Crippen molar-refractivity contribution in [3.8, 4) is 0 Å². The molecular weight excluding hydrogens is 144 g/mol. The van der Waals surface area contributed by atoms with Gasteiger partial charge in [-0.3, -0.25) is 0 Å². The third-order valence-corrected chi connectivity index (χ3v) is 1.32. The molecule has 11 heavy (non-hydrogen) atoms. The molecule has 0 atom stereocenters. The maximum atomic E-state index is 5.25. The highest BCUT2D eigenvalue weighted by Gasteiger charge is 2.06. The number of nitrogens with zero attached hydrogens (tertiary/aromatic N) is 3. The van der Waals surface area contributed by atoms with Crippen molar-refractivity contribution in [3.63, 3.8) is 0 Å². The van der Waals surface area contributed by atoms with E-state index in [-0.39, 0.29) is 6.01 Å². The van der Waals surface area contributed by atoms with Gasteiger partial charge in [-0.2, -0.15) is 0 Å². The molecule has 0 spiro atoms. The number of nitrogens with two attached hydrogens (primary N) is 1. The Kier molecular flexibility index (Phi) is 2.30. The minimum atomic E-state index is 0.114. The topological polar surface area (TPSA) is 68.2 Å². The molecule has 0 aliphatic carbocycles. The molecule has 0 saturated carbocycles. The van der Waals surface area contributed by atoms with E-state index < -0.39 is 0 Å². The number of hydrogen-bond donors (Lipinski definition) is 1. The largest absolute Gasteiger partial charge is 0.390 e. The van der Waals surface area contributed by atoms with E-state index in [0.717, 1.165) is 13.0 Å². The van der Waals surface area contributed by atoms with Crippen LogP contribution in [0, 0.1) is 0 Å². The van der Waals surface area contributed by atoms with Crippen LogP contribution in [-0.4, -0.2) is 23.8 Å². The molecular formula is C6H12N4O. The molecule has 1 heterocycles.